The van der Waals surface area contributed by atoms with E-state index in [4.69, 9.17) is 0 Å². The van der Waals surface area contributed by atoms with E-state index in [1.807, 2.05) is 0 Å². The number of non-ortho nitro benzene ring substituents is 1. The third kappa shape index (κ3) is 6.56. The first-order valence-corrected chi connectivity index (χ1v) is 9.94. The number of amides is 1. The molecular weight excluding hydrogens is 372 g/mol. The number of nitro benzene ring substituents is 1. The molecule has 156 valence electrons. The number of carbonyl (C=O) groups is 1. The van der Waals surface area contributed by atoms with Crippen molar-refractivity contribution in [2.24, 2.45) is 4.99 Å². The maximum Gasteiger partial charge on any atom is 0.269 e. The van der Waals surface area contributed by atoms with Crippen molar-refractivity contribution in [1.82, 2.24) is 20.4 Å². The summed E-state index contributed by atoms with van der Waals surface area (Å²) in [4.78, 5) is 31.4. The second kappa shape index (κ2) is 10.0. The highest BCUT2D eigenvalue weighted by Gasteiger charge is 2.25. The largest absolute Gasteiger partial charge is 0.353 e. The Morgan fingerprint density at radius 1 is 1.24 bits per heavy atom. The lowest BCUT2D eigenvalue weighted by atomic mass is 10.2. The number of nitrogens with zero attached hydrogens (tertiary/aromatic N) is 4. The number of hydrogen-bond acceptors (Lipinski definition) is 5. The molecule has 0 unspecified atom stereocenters. The minimum atomic E-state index is -0.408. The van der Waals surface area contributed by atoms with Crippen LogP contribution in [-0.4, -0.2) is 71.9 Å². The van der Waals surface area contributed by atoms with E-state index in [1.165, 1.54) is 12.1 Å². The predicted molar refractivity (Wildman–Crippen MR) is 112 cm³/mol. The first kappa shape index (κ1) is 20.8. The summed E-state index contributed by atoms with van der Waals surface area (Å²) in [6.07, 6.45) is 3.98. The zero-order valence-electron chi connectivity index (χ0n) is 16.5. The normalized spacial score (nSPS) is 17.7. The van der Waals surface area contributed by atoms with E-state index in [-0.39, 0.29) is 11.6 Å². The van der Waals surface area contributed by atoms with Crippen molar-refractivity contribution >= 4 is 17.6 Å². The van der Waals surface area contributed by atoms with Gasteiger partial charge in [0.05, 0.1) is 18.0 Å². The van der Waals surface area contributed by atoms with Gasteiger partial charge in [-0.2, -0.15) is 0 Å². The highest BCUT2D eigenvalue weighted by molar-refractivity contribution is 5.80. The summed E-state index contributed by atoms with van der Waals surface area (Å²) < 4.78 is 0. The van der Waals surface area contributed by atoms with Gasteiger partial charge >= 0.3 is 0 Å². The van der Waals surface area contributed by atoms with E-state index >= 15 is 0 Å². The average molecular weight is 400 g/mol. The van der Waals surface area contributed by atoms with Crippen LogP contribution in [0.4, 0.5) is 5.69 Å². The van der Waals surface area contributed by atoms with Crippen molar-refractivity contribution in [3.63, 3.8) is 0 Å². The molecule has 2 fully saturated rings. The molecule has 1 amide bonds. The SMILES string of the molecule is C=CCNC(=NCc1ccc([N+](=O)[O-])cc1)N1CCN(CC(=O)NC2CC2)CC1. The van der Waals surface area contributed by atoms with E-state index in [0.717, 1.165) is 50.5 Å². The Morgan fingerprint density at radius 3 is 2.52 bits per heavy atom. The summed E-state index contributed by atoms with van der Waals surface area (Å²) in [5, 5.41) is 17.1. The number of rotatable bonds is 8. The van der Waals surface area contributed by atoms with Crippen molar-refractivity contribution < 1.29 is 9.72 Å². The Bertz CT molecular complexity index is 752. The molecule has 0 spiro atoms. The lowest BCUT2D eigenvalue weighted by Crippen LogP contribution is -2.54. The Kier molecular flexibility index (Phi) is 7.18. The molecule has 1 aliphatic carbocycles. The molecular formula is C20H28N6O3. The van der Waals surface area contributed by atoms with Gasteiger partial charge in [0.1, 0.15) is 0 Å². The van der Waals surface area contributed by atoms with Crippen LogP contribution in [0.3, 0.4) is 0 Å². The number of carbonyl (C=O) groups excluding carboxylic acids is 1. The summed E-state index contributed by atoms with van der Waals surface area (Å²) in [5.41, 5.74) is 0.980. The average Bonchev–Trinajstić information content (AvgIpc) is 3.53. The van der Waals surface area contributed by atoms with Gasteiger partial charge in [-0.1, -0.05) is 18.2 Å². The zero-order valence-corrected chi connectivity index (χ0v) is 16.5. The van der Waals surface area contributed by atoms with Gasteiger partial charge in [0.15, 0.2) is 5.96 Å². The molecule has 2 N–H and O–H groups in total. The van der Waals surface area contributed by atoms with Crippen LogP contribution < -0.4 is 10.6 Å². The summed E-state index contributed by atoms with van der Waals surface area (Å²) in [6, 6.07) is 6.83. The van der Waals surface area contributed by atoms with Gasteiger partial charge in [-0.3, -0.25) is 19.8 Å². The van der Waals surface area contributed by atoms with Gasteiger partial charge in [-0.05, 0) is 18.4 Å². The van der Waals surface area contributed by atoms with Crippen molar-refractivity contribution in [2.75, 3.05) is 39.3 Å². The molecule has 0 radical (unpaired) electrons. The minimum Gasteiger partial charge on any atom is -0.353 e. The molecule has 9 heteroatoms. The molecule has 1 aliphatic heterocycles. The monoisotopic (exact) mass is 400 g/mol. The molecule has 29 heavy (non-hydrogen) atoms. The fourth-order valence-corrected chi connectivity index (χ4v) is 3.14. The lowest BCUT2D eigenvalue weighted by Gasteiger charge is -2.36. The second-order valence-electron chi connectivity index (χ2n) is 7.34. The van der Waals surface area contributed by atoms with Gasteiger partial charge in [-0.25, -0.2) is 4.99 Å². The van der Waals surface area contributed by atoms with Crippen LogP contribution in [-0.2, 0) is 11.3 Å². The summed E-state index contributed by atoms with van der Waals surface area (Å²) in [7, 11) is 0. The molecule has 0 aromatic heterocycles. The van der Waals surface area contributed by atoms with E-state index < -0.39 is 4.92 Å². The number of aliphatic imine (C=N–C) groups is 1. The summed E-state index contributed by atoms with van der Waals surface area (Å²) >= 11 is 0. The maximum atomic E-state index is 12.0. The van der Waals surface area contributed by atoms with Crippen LogP contribution in [0.1, 0.15) is 18.4 Å². The van der Waals surface area contributed by atoms with Crippen LogP contribution in [0.2, 0.25) is 0 Å². The molecule has 1 saturated heterocycles. The molecule has 1 saturated carbocycles. The minimum absolute atomic E-state index is 0.0737. The van der Waals surface area contributed by atoms with Crippen LogP contribution in [0.5, 0.6) is 0 Å². The number of benzene rings is 1. The van der Waals surface area contributed by atoms with Crippen molar-refractivity contribution in [3.8, 4) is 0 Å². The van der Waals surface area contributed by atoms with Gasteiger partial charge in [0.25, 0.3) is 5.69 Å². The molecule has 9 nitrogen and oxygen atoms in total. The molecule has 1 aromatic carbocycles. The van der Waals surface area contributed by atoms with Crippen molar-refractivity contribution in [3.05, 3.63) is 52.6 Å². The molecule has 0 bridgehead atoms. The zero-order chi connectivity index (χ0) is 20.6. The Hall–Kier alpha value is -2.94. The molecule has 3 rings (SSSR count). The fourth-order valence-electron chi connectivity index (χ4n) is 3.14. The standard InChI is InChI=1S/C20H28N6O3/c1-2-9-21-20(22-14-16-3-7-18(8-4-16)26(28)29)25-12-10-24(11-13-25)15-19(27)23-17-5-6-17/h2-4,7-8,17H,1,5-6,9-15H2,(H,21,22)(H,23,27). The Labute approximate surface area is 170 Å². The molecule has 2 aliphatic rings. The van der Waals surface area contributed by atoms with Gasteiger partial charge in [0.2, 0.25) is 5.91 Å². The Morgan fingerprint density at radius 2 is 1.93 bits per heavy atom. The molecule has 1 heterocycles. The summed E-state index contributed by atoms with van der Waals surface area (Å²) in [5.74, 6) is 0.892. The third-order valence-corrected chi connectivity index (χ3v) is 4.94. The Balaban J connectivity index is 1.53. The number of nitrogens with one attached hydrogen (secondary N) is 2. The molecule has 0 atom stereocenters. The van der Waals surface area contributed by atoms with E-state index in [2.05, 4.69) is 32.0 Å². The van der Waals surface area contributed by atoms with Gasteiger partial charge in [0, 0.05) is 50.9 Å². The lowest BCUT2D eigenvalue weighted by molar-refractivity contribution is -0.384. The van der Waals surface area contributed by atoms with Crippen LogP contribution in [0.25, 0.3) is 0 Å². The predicted octanol–water partition coefficient (Wildman–Crippen LogP) is 1.12. The fraction of sp³-hybridized carbons (Fsp3) is 0.500. The van der Waals surface area contributed by atoms with Gasteiger partial charge < -0.3 is 15.5 Å². The highest BCUT2D eigenvalue weighted by atomic mass is 16.6. The van der Waals surface area contributed by atoms with Crippen LogP contribution in [0.15, 0.2) is 41.9 Å². The number of piperazine rings is 1. The highest BCUT2D eigenvalue weighted by Crippen LogP contribution is 2.18. The molecule has 1 aromatic rings. The first-order chi connectivity index (χ1) is 14.0. The first-order valence-electron chi connectivity index (χ1n) is 9.94. The quantitative estimate of drug-likeness (QED) is 0.223. The smallest absolute Gasteiger partial charge is 0.269 e. The second-order valence-corrected chi connectivity index (χ2v) is 7.34. The maximum absolute atomic E-state index is 12.0. The van der Waals surface area contributed by atoms with E-state index in [1.54, 1.807) is 18.2 Å². The summed E-state index contributed by atoms with van der Waals surface area (Å²) in [6.45, 7) is 8.37. The number of nitro groups is 1. The van der Waals surface area contributed by atoms with E-state index in [9.17, 15) is 14.9 Å². The van der Waals surface area contributed by atoms with Crippen LogP contribution >= 0.6 is 0 Å². The van der Waals surface area contributed by atoms with Gasteiger partial charge in [-0.15, -0.1) is 6.58 Å². The topological polar surface area (TPSA) is 103 Å². The number of hydrogen-bond donors (Lipinski definition) is 2. The number of guanidine groups is 1. The third-order valence-electron chi connectivity index (χ3n) is 4.94. The van der Waals surface area contributed by atoms with Crippen molar-refractivity contribution in [1.29, 1.82) is 0 Å². The van der Waals surface area contributed by atoms with E-state index in [0.29, 0.717) is 25.7 Å². The van der Waals surface area contributed by atoms with Crippen molar-refractivity contribution in [2.45, 2.75) is 25.4 Å². The van der Waals surface area contributed by atoms with Crippen LogP contribution in [0, 0.1) is 10.1 Å².